The van der Waals surface area contributed by atoms with Crippen LogP contribution in [0.5, 0.6) is 0 Å². The molecule has 1 saturated heterocycles. The number of carbonyl (C=O) groups excluding carboxylic acids is 8. The van der Waals surface area contributed by atoms with Crippen molar-refractivity contribution in [3.05, 3.63) is 95.3 Å². The molecule has 2 heterocycles. The predicted octanol–water partition coefficient (Wildman–Crippen LogP) is 1.13. The van der Waals surface area contributed by atoms with E-state index in [1.165, 1.54) is 35.9 Å². The molecule has 0 aliphatic carbocycles. The van der Waals surface area contributed by atoms with E-state index in [4.69, 9.17) is 11.0 Å². The second-order valence-electron chi connectivity index (χ2n) is 16.5. The van der Waals surface area contributed by atoms with Crippen LogP contribution in [0, 0.1) is 0 Å². The number of pyridine rings is 1. The lowest BCUT2D eigenvalue weighted by molar-refractivity contribution is -0.432. The van der Waals surface area contributed by atoms with Crippen LogP contribution in [0.2, 0.25) is 0 Å². The lowest BCUT2D eigenvalue weighted by atomic mass is 10.1. The highest BCUT2D eigenvalue weighted by atomic mass is 32.2. The number of aliphatic imine (C=N–C) groups is 1. The molecule has 1 aromatic heterocycles. The fourth-order valence-corrected chi connectivity index (χ4v) is 7.32. The minimum atomic E-state index is -5.26. The van der Waals surface area contributed by atoms with Crippen LogP contribution in [0.4, 0.5) is 19.0 Å². The van der Waals surface area contributed by atoms with E-state index in [1.807, 2.05) is 6.92 Å². The molecular formula is C47H56F3N13O13S. The van der Waals surface area contributed by atoms with Gasteiger partial charge in [-0.15, -0.1) is 4.33 Å². The maximum absolute atomic E-state index is 14.1. The Morgan fingerprint density at radius 2 is 1.62 bits per heavy atom. The average Bonchev–Trinajstić information content (AvgIpc) is 3.39. The highest BCUT2D eigenvalue weighted by Gasteiger charge is 2.39. The van der Waals surface area contributed by atoms with Crippen molar-refractivity contribution in [1.29, 1.82) is 0 Å². The van der Waals surface area contributed by atoms with Crippen LogP contribution in [0.15, 0.2) is 93.6 Å². The number of amides is 8. The van der Waals surface area contributed by atoms with Gasteiger partial charge in [0.1, 0.15) is 35.7 Å². The monoisotopic (exact) mass is 1100 g/mol. The van der Waals surface area contributed by atoms with Crippen LogP contribution >= 0.6 is 12.0 Å². The van der Waals surface area contributed by atoms with Crippen LogP contribution < -0.4 is 53.7 Å². The standard InChI is InChI=1S/C47H56F3N13O13S/c1-2-11-30(58-39(67)29-18-19-36(54-24-29)63-56-25-28-14-6-7-17-35(28)77-76-75-74)40(68)52-20-9-8-15-32-42(70)59-31(16-10-21-53-46(51)62-45(73)47(48,49)50)41(69)55-26-37(64)57-34(23-38(65)66)44(72)61-33(43(71)60-32)22-27-12-4-3-5-13-27/h3-7,12-14,17-19,22,24-25,30-32,34,74H,2,8-11,15-16,20-21,23,26H2,1H3,(H,52,68)(H,54,63)(H,55,69)(H,57,64)(H,58,67)(H,59,70)(H,60,71)(H,61,72)(H,65,66)(H3,51,53,62,73)/b33-22-,56-25+/t30-,31-,32-,34-/m0/s1. The van der Waals surface area contributed by atoms with Gasteiger partial charge in [0, 0.05) is 29.7 Å². The van der Waals surface area contributed by atoms with Gasteiger partial charge in [-0.2, -0.15) is 18.3 Å². The average molecular weight is 1100 g/mol. The molecule has 1 aliphatic rings. The highest BCUT2D eigenvalue weighted by molar-refractivity contribution is 7.94. The summed E-state index contributed by atoms with van der Waals surface area (Å²) in [6.45, 7) is 0.631. The molecule has 2 aromatic carbocycles. The van der Waals surface area contributed by atoms with Gasteiger partial charge in [-0.3, -0.25) is 58.9 Å². The second-order valence-corrected chi connectivity index (χ2v) is 17.3. The number of anilines is 1. The zero-order chi connectivity index (χ0) is 56.3. The molecule has 0 unspecified atom stereocenters. The summed E-state index contributed by atoms with van der Waals surface area (Å²) in [6, 6.07) is 12.2. The smallest absolute Gasteiger partial charge is 0.471 e. The Morgan fingerprint density at radius 3 is 2.31 bits per heavy atom. The summed E-state index contributed by atoms with van der Waals surface area (Å²) >= 11 is 0.754. The number of alkyl halides is 3. The lowest BCUT2D eigenvalue weighted by Gasteiger charge is -2.24. The van der Waals surface area contributed by atoms with Crippen molar-refractivity contribution in [3.8, 4) is 0 Å². The van der Waals surface area contributed by atoms with E-state index in [2.05, 4.69) is 67.1 Å². The van der Waals surface area contributed by atoms with Gasteiger partial charge < -0.3 is 48.1 Å². The first-order valence-corrected chi connectivity index (χ1v) is 24.2. The predicted molar refractivity (Wildman–Crippen MR) is 269 cm³/mol. The Morgan fingerprint density at radius 1 is 0.909 bits per heavy atom. The first-order chi connectivity index (χ1) is 36.8. The SMILES string of the molecule is CCC[C@H](NC(=O)c1ccc(N/N=C/c2ccccc2SOOO)nc1)C(=O)NCCCC[C@@H]1NC(=O)/C(=C/c2ccccc2)NC(=O)[C@H](CC(=O)O)NC(=O)CNC(=O)[C@H](CCCN=C(N)NC(=O)C(F)(F)F)NC1=O. The first-order valence-electron chi connectivity index (χ1n) is 23.5. The normalized spacial score (nSPS) is 17.8. The zero-order valence-corrected chi connectivity index (χ0v) is 41.8. The van der Waals surface area contributed by atoms with Gasteiger partial charge in [-0.1, -0.05) is 66.9 Å². The van der Waals surface area contributed by atoms with E-state index in [-0.39, 0.29) is 63.0 Å². The third-order valence-electron chi connectivity index (χ3n) is 10.7. The lowest BCUT2D eigenvalue weighted by Crippen LogP contribution is -2.54. The van der Waals surface area contributed by atoms with E-state index in [0.717, 1.165) is 12.0 Å². The molecule has 0 bridgehead atoms. The molecule has 13 N–H and O–H groups in total. The van der Waals surface area contributed by atoms with E-state index < -0.39 is 108 Å². The Hall–Kier alpha value is -8.48. The van der Waals surface area contributed by atoms with E-state index in [9.17, 15) is 61.4 Å². The van der Waals surface area contributed by atoms with Gasteiger partial charge in [-0.25, -0.2) is 10.2 Å². The number of hydrazone groups is 1. The molecule has 30 heteroatoms. The van der Waals surface area contributed by atoms with Crippen molar-refractivity contribution in [3.63, 3.8) is 0 Å². The zero-order valence-electron chi connectivity index (χ0n) is 41.0. The van der Waals surface area contributed by atoms with E-state index in [0.29, 0.717) is 22.4 Å². The minimum Gasteiger partial charge on any atom is -0.481 e. The maximum Gasteiger partial charge on any atom is 0.471 e. The van der Waals surface area contributed by atoms with E-state index >= 15 is 0 Å². The molecule has 4 atom stereocenters. The molecule has 0 spiro atoms. The number of nitrogens with zero attached hydrogens (tertiary/aromatic N) is 3. The summed E-state index contributed by atoms with van der Waals surface area (Å²) in [5.74, 6) is -10.8. The van der Waals surface area contributed by atoms with Crippen molar-refractivity contribution >= 4 is 89.3 Å². The number of carboxylic acids is 1. The highest BCUT2D eigenvalue weighted by Crippen LogP contribution is 2.22. The Bertz CT molecular complexity index is 2650. The molecule has 4 rings (SSSR count). The molecule has 26 nitrogen and oxygen atoms in total. The number of benzene rings is 2. The number of nitrogens with two attached hydrogens (primary N) is 1. The van der Waals surface area contributed by atoms with Gasteiger partial charge in [-0.05, 0) is 68.4 Å². The number of aliphatic carboxylic acids is 1. The van der Waals surface area contributed by atoms with Crippen molar-refractivity contribution in [2.45, 2.75) is 93.5 Å². The molecule has 0 radical (unpaired) electrons. The Labute approximate surface area is 441 Å². The number of rotatable bonds is 23. The molecule has 0 saturated carbocycles. The molecule has 77 heavy (non-hydrogen) atoms. The summed E-state index contributed by atoms with van der Waals surface area (Å²) < 4.78 is 42.6. The van der Waals surface area contributed by atoms with Gasteiger partial charge in [0.15, 0.2) is 5.96 Å². The summed E-state index contributed by atoms with van der Waals surface area (Å²) in [6.07, 6.45) is -1.77. The third kappa shape index (κ3) is 21.7. The van der Waals surface area contributed by atoms with Crippen molar-refractivity contribution in [2.75, 3.05) is 25.1 Å². The van der Waals surface area contributed by atoms with Gasteiger partial charge in [0.2, 0.25) is 29.5 Å². The topological polar surface area (TPSA) is 384 Å². The molecule has 1 fully saturated rings. The fraction of sp³-hybridized carbons (Fsp3) is 0.362. The fourth-order valence-electron chi connectivity index (χ4n) is 6.87. The number of halogens is 3. The number of nitrogens with one attached hydrogen (secondary N) is 9. The van der Waals surface area contributed by atoms with Crippen LogP contribution in [0.25, 0.3) is 6.08 Å². The number of aromatic nitrogens is 1. The van der Waals surface area contributed by atoms with Crippen LogP contribution in [-0.4, -0.2) is 131 Å². The number of unbranched alkanes of at least 4 members (excludes halogenated alkanes) is 1. The third-order valence-corrected chi connectivity index (χ3v) is 11.3. The van der Waals surface area contributed by atoms with Crippen LogP contribution in [0.3, 0.4) is 0 Å². The van der Waals surface area contributed by atoms with Crippen molar-refractivity contribution in [1.82, 2.24) is 47.5 Å². The quantitative estimate of drug-likeness (QED) is 0.0120. The van der Waals surface area contributed by atoms with Crippen LogP contribution in [-0.2, 0) is 47.7 Å². The van der Waals surface area contributed by atoms with Gasteiger partial charge in [0.25, 0.3) is 11.8 Å². The molecule has 3 aromatic rings. The summed E-state index contributed by atoms with van der Waals surface area (Å²) in [4.78, 5) is 126. The Kier molecular flexibility index (Phi) is 24.9. The maximum atomic E-state index is 14.1. The largest absolute Gasteiger partial charge is 0.481 e. The second kappa shape index (κ2) is 31.4. The summed E-state index contributed by atoms with van der Waals surface area (Å²) in [5.41, 5.74) is 8.80. The number of carbonyl (C=O) groups is 9. The van der Waals surface area contributed by atoms with Crippen molar-refractivity contribution in [2.24, 2.45) is 15.8 Å². The number of guanidine groups is 1. The number of hydrogen-bond acceptors (Lipinski definition) is 17. The molecular weight excluding hydrogens is 1040 g/mol. The number of carboxylic acid groups (broad SMARTS) is 1. The molecule has 1 aliphatic heterocycles. The molecule has 414 valence electrons. The van der Waals surface area contributed by atoms with Crippen LogP contribution in [0.1, 0.15) is 79.8 Å². The summed E-state index contributed by atoms with van der Waals surface area (Å²) in [7, 11) is 0. The van der Waals surface area contributed by atoms with Gasteiger partial charge in [0.05, 0.1) is 36.8 Å². The Balaban J connectivity index is 1.47. The first kappa shape index (κ1) is 61.1. The molecule has 8 amide bonds. The summed E-state index contributed by atoms with van der Waals surface area (Å²) in [5, 5.41) is 44.4. The number of hydrogen-bond donors (Lipinski definition) is 12. The minimum absolute atomic E-state index is 0.0182. The van der Waals surface area contributed by atoms with Gasteiger partial charge >= 0.3 is 18.1 Å². The van der Waals surface area contributed by atoms with E-state index in [1.54, 1.807) is 54.6 Å². The van der Waals surface area contributed by atoms with Crippen molar-refractivity contribution < 1.29 is 76.1 Å².